The third-order valence-electron chi connectivity index (χ3n) is 4.74. The fourth-order valence-electron chi connectivity index (χ4n) is 3.04. The van der Waals surface area contributed by atoms with E-state index in [2.05, 4.69) is 10.0 Å². The number of amides is 1. The summed E-state index contributed by atoms with van der Waals surface area (Å²) in [7, 11) is -2.32. The van der Waals surface area contributed by atoms with Crippen molar-refractivity contribution in [3.63, 3.8) is 0 Å². The van der Waals surface area contributed by atoms with Crippen molar-refractivity contribution in [3.8, 4) is 0 Å². The zero-order chi connectivity index (χ0) is 24.0. The highest BCUT2D eigenvalue weighted by Crippen LogP contribution is 2.37. The number of methoxy groups -OCH3 is 1. The second-order valence-corrected chi connectivity index (χ2v) is 9.95. The molecule has 0 bridgehead atoms. The number of nitrogens with two attached hydrogens (primary N) is 1. The summed E-state index contributed by atoms with van der Waals surface area (Å²) in [4.78, 5) is 13.3. The first kappa shape index (κ1) is 28.4. The van der Waals surface area contributed by atoms with Crippen LogP contribution in [0.4, 0.5) is 0 Å². The Hall–Kier alpha value is -1.66. The van der Waals surface area contributed by atoms with E-state index < -0.39 is 38.4 Å². The molecule has 13 heteroatoms. The van der Waals surface area contributed by atoms with Gasteiger partial charge in [0.05, 0.1) is 47.4 Å². The third-order valence-corrected chi connectivity index (χ3v) is 7.10. The predicted octanol–water partition coefficient (Wildman–Crippen LogP) is 1.46. The van der Waals surface area contributed by atoms with Gasteiger partial charge >= 0.3 is 0 Å². The summed E-state index contributed by atoms with van der Waals surface area (Å²) in [6.45, 7) is 1.68. The second kappa shape index (κ2) is 14.5. The number of alkyl halides is 1. The van der Waals surface area contributed by atoms with Gasteiger partial charge in [-0.1, -0.05) is 17.3 Å². The number of aliphatic hydroxyl groups is 1. The Morgan fingerprint density at radius 2 is 2.03 bits per heavy atom. The maximum absolute atomic E-state index is 12.7. The molecule has 3 atom stereocenters. The van der Waals surface area contributed by atoms with Gasteiger partial charge in [-0.25, -0.2) is 8.42 Å². The van der Waals surface area contributed by atoms with Gasteiger partial charge in [-0.05, 0) is 30.9 Å². The topological polar surface area (TPSA) is 174 Å². The number of hydrogen-bond acceptors (Lipinski definition) is 8. The average Bonchev–Trinajstić information content (AvgIpc) is 2.72. The number of carbonyl (C=O) groups excluding carboxylic acids is 1. The molecule has 0 saturated carbocycles. The van der Waals surface area contributed by atoms with Crippen LogP contribution >= 0.6 is 11.6 Å². The van der Waals surface area contributed by atoms with E-state index in [4.69, 9.17) is 37.1 Å². The normalized spacial score (nSPS) is 21.6. The van der Waals surface area contributed by atoms with E-state index in [1.807, 2.05) is 0 Å². The summed E-state index contributed by atoms with van der Waals surface area (Å²) in [6.07, 6.45) is 3.97. The molecule has 0 aromatic rings. The van der Waals surface area contributed by atoms with Crippen LogP contribution < -0.4 is 5.73 Å². The lowest BCUT2D eigenvalue weighted by Gasteiger charge is -2.32. The van der Waals surface area contributed by atoms with Crippen LogP contribution in [-0.4, -0.2) is 82.9 Å². The van der Waals surface area contributed by atoms with Gasteiger partial charge in [0.2, 0.25) is 5.91 Å². The number of carbonyl (C=O) groups is 1. The number of sulfone groups is 1. The number of azide groups is 1. The second-order valence-electron chi connectivity index (χ2n) is 7.21. The number of halogens is 1. The molecule has 0 saturated heterocycles. The lowest BCUT2D eigenvalue weighted by molar-refractivity contribution is -0.121. The Bertz CT molecular complexity index is 814. The van der Waals surface area contributed by atoms with Gasteiger partial charge in [0.15, 0.2) is 9.84 Å². The molecule has 1 rings (SSSR count). The number of allylic oxidation sites excluding steroid dienone is 2. The van der Waals surface area contributed by atoms with E-state index in [1.165, 1.54) is 25.3 Å². The van der Waals surface area contributed by atoms with Crippen molar-refractivity contribution in [2.45, 2.75) is 30.2 Å². The quantitative estimate of drug-likeness (QED) is 0.101. The minimum atomic E-state index is -3.84. The van der Waals surface area contributed by atoms with Gasteiger partial charge < -0.3 is 25.1 Å². The number of primary amides is 1. The Kier molecular flexibility index (Phi) is 12.8. The van der Waals surface area contributed by atoms with Crippen LogP contribution in [0.15, 0.2) is 28.2 Å². The maximum atomic E-state index is 12.7. The Morgan fingerprint density at radius 1 is 1.34 bits per heavy atom. The molecule has 0 aromatic carbocycles. The molecule has 11 nitrogen and oxygen atoms in total. The first-order valence-electron chi connectivity index (χ1n) is 10.1. The number of nitrogens with zero attached hydrogens (tertiary/aromatic N) is 3. The van der Waals surface area contributed by atoms with Gasteiger partial charge in [0.1, 0.15) is 0 Å². The van der Waals surface area contributed by atoms with Crippen LogP contribution in [0.1, 0.15) is 19.3 Å². The summed E-state index contributed by atoms with van der Waals surface area (Å²) >= 11 is 6.59. The highest BCUT2D eigenvalue weighted by molar-refractivity contribution is 7.95. The van der Waals surface area contributed by atoms with Crippen LogP contribution in [0.5, 0.6) is 0 Å². The monoisotopic (exact) mass is 494 g/mol. The number of aliphatic hydroxyl groups excluding tert-OH is 1. The highest BCUT2D eigenvalue weighted by Gasteiger charge is 2.40. The van der Waals surface area contributed by atoms with Crippen LogP contribution in [0.25, 0.3) is 10.4 Å². The number of ether oxygens (including phenoxy) is 3. The van der Waals surface area contributed by atoms with Gasteiger partial charge in [-0.3, -0.25) is 4.79 Å². The lowest BCUT2D eigenvalue weighted by Crippen LogP contribution is -2.41. The molecule has 0 aromatic heterocycles. The fourth-order valence-corrected chi connectivity index (χ4v) is 4.84. The summed E-state index contributed by atoms with van der Waals surface area (Å²) in [6, 6.07) is 0. The van der Waals surface area contributed by atoms with E-state index in [9.17, 15) is 18.3 Å². The smallest absolute Gasteiger partial charge is 0.226 e. The first-order valence-corrected chi connectivity index (χ1v) is 12.1. The molecule has 1 aliphatic carbocycles. The van der Waals surface area contributed by atoms with Gasteiger partial charge in [0, 0.05) is 31.8 Å². The molecule has 0 radical (unpaired) electrons. The number of hydrogen-bond donors (Lipinski definition) is 2. The van der Waals surface area contributed by atoms with Crippen molar-refractivity contribution in [3.05, 3.63) is 33.6 Å². The van der Waals surface area contributed by atoms with Crippen LogP contribution in [0.3, 0.4) is 0 Å². The molecule has 3 unspecified atom stereocenters. The van der Waals surface area contributed by atoms with Crippen molar-refractivity contribution < 1.29 is 32.5 Å². The van der Waals surface area contributed by atoms with E-state index in [0.29, 0.717) is 19.6 Å². The van der Waals surface area contributed by atoms with Gasteiger partial charge in [-0.2, -0.15) is 0 Å². The Labute approximate surface area is 193 Å². The molecule has 1 aliphatic rings. The molecule has 0 aliphatic heterocycles. The minimum Gasteiger partial charge on any atom is -0.392 e. The largest absolute Gasteiger partial charge is 0.392 e. The molecule has 182 valence electrons. The van der Waals surface area contributed by atoms with E-state index in [1.54, 1.807) is 0 Å². The van der Waals surface area contributed by atoms with Crippen LogP contribution in [-0.2, 0) is 28.8 Å². The summed E-state index contributed by atoms with van der Waals surface area (Å²) in [5, 5.41) is 13.4. The zero-order valence-corrected chi connectivity index (χ0v) is 19.6. The van der Waals surface area contributed by atoms with Crippen LogP contribution in [0, 0.1) is 5.92 Å². The molecule has 0 fully saturated rings. The minimum absolute atomic E-state index is 0.0993. The molecule has 3 N–H and O–H groups in total. The zero-order valence-electron chi connectivity index (χ0n) is 18.1. The Balaban J connectivity index is 2.63. The summed E-state index contributed by atoms with van der Waals surface area (Å²) in [5.74, 6) is -2.30. The molecular formula is C19H31ClN4O7S. The standard InChI is InChI=1S/C19H31ClN4O7S/c1-29-8-2-3-15(25)14-32(27,28)16-4-5-19(20,17(13-16)18(21)26)6-9-30-11-12-31-10-7-23-24-22/h4-5,13,15,17,25H,2-3,6-12,14H2,1H3,(H2,21,26). The first-order chi connectivity index (χ1) is 15.2. The summed E-state index contributed by atoms with van der Waals surface area (Å²) < 4.78 is 40.9. The molecule has 0 heterocycles. The number of rotatable bonds is 17. The molecule has 32 heavy (non-hydrogen) atoms. The van der Waals surface area contributed by atoms with Crippen molar-refractivity contribution >= 4 is 27.3 Å². The molecular weight excluding hydrogens is 464 g/mol. The fraction of sp³-hybridized carbons (Fsp3) is 0.737. The van der Waals surface area contributed by atoms with Crippen LogP contribution in [0.2, 0.25) is 0 Å². The summed E-state index contributed by atoms with van der Waals surface area (Å²) in [5.41, 5.74) is 13.6. The van der Waals surface area contributed by atoms with E-state index in [-0.39, 0.29) is 44.1 Å². The van der Waals surface area contributed by atoms with Gasteiger partial charge in [0.25, 0.3) is 0 Å². The highest BCUT2D eigenvalue weighted by atomic mass is 35.5. The Morgan fingerprint density at radius 3 is 2.66 bits per heavy atom. The van der Waals surface area contributed by atoms with Crippen molar-refractivity contribution in [2.24, 2.45) is 16.8 Å². The average molecular weight is 495 g/mol. The maximum Gasteiger partial charge on any atom is 0.226 e. The SMILES string of the molecule is COCCCC(O)CS(=O)(=O)C1=CC(C(N)=O)C(Cl)(CCOCCOCCN=[N+]=[N-])C=C1. The van der Waals surface area contributed by atoms with Crippen molar-refractivity contribution in [2.75, 3.05) is 52.4 Å². The molecule has 0 spiro atoms. The van der Waals surface area contributed by atoms with Gasteiger partial charge in [-0.15, -0.1) is 11.6 Å². The van der Waals surface area contributed by atoms with Crippen molar-refractivity contribution in [1.82, 2.24) is 0 Å². The third kappa shape index (κ3) is 9.86. The lowest BCUT2D eigenvalue weighted by atomic mass is 9.84. The predicted molar refractivity (Wildman–Crippen MR) is 120 cm³/mol. The van der Waals surface area contributed by atoms with E-state index >= 15 is 0 Å². The van der Waals surface area contributed by atoms with E-state index in [0.717, 1.165) is 0 Å². The molecule has 1 amide bonds. The van der Waals surface area contributed by atoms with Crippen molar-refractivity contribution in [1.29, 1.82) is 0 Å².